The Balaban J connectivity index is 2.15. The van der Waals surface area contributed by atoms with Crippen molar-refractivity contribution in [2.75, 3.05) is 0 Å². The number of carboxylic acids is 1. The van der Waals surface area contributed by atoms with Crippen LogP contribution in [0.2, 0.25) is 0 Å². The van der Waals surface area contributed by atoms with E-state index in [1.54, 1.807) is 12.1 Å². The molecule has 1 aromatic rings. The third kappa shape index (κ3) is 2.67. The molecule has 1 saturated heterocycles. The number of piperidine rings is 1. The Morgan fingerprint density at radius 2 is 2.06 bits per heavy atom. The van der Waals surface area contributed by atoms with E-state index < -0.39 is 12.0 Å². The molecular weight excluding hydrogens is 237 g/mol. The maximum absolute atomic E-state index is 12.8. The minimum Gasteiger partial charge on any atom is -0.480 e. The van der Waals surface area contributed by atoms with Crippen LogP contribution in [0.3, 0.4) is 0 Å². The Labute approximate surface area is 104 Å². The molecular formula is C13H14FNO3. The summed E-state index contributed by atoms with van der Waals surface area (Å²) >= 11 is 0. The highest BCUT2D eigenvalue weighted by Gasteiger charge is 2.32. The first kappa shape index (κ1) is 12.5. The molecule has 0 saturated carbocycles. The maximum Gasteiger partial charge on any atom is 0.326 e. The van der Waals surface area contributed by atoms with E-state index in [4.69, 9.17) is 5.11 Å². The molecule has 0 aromatic heterocycles. The van der Waals surface area contributed by atoms with Crippen molar-refractivity contribution in [3.05, 3.63) is 35.6 Å². The van der Waals surface area contributed by atoms with Gasteiger partial charge in [0, 0.05) is 13.0 Å². The smallest absolute Gasteiger partial charge is 0.326 e. The molecule has 1 aliphatic rings. The lowest BCUT2D eigenvalue weighted by atomic mass is 10.0. The highest BCUT2D eigenvalue weighted by atomic mass is 19.1. The zero-order chi connectivity index (χ0) is 13.1. The van der Waals surface area contributed by atoms with Gasteiger partial charge in [-0.2, -0.15) is 0 Å². The fourth-order valence-electron chi connectivity index (χ4n) is 2.16. The SMILES string of the molecule is O=C(O)[C@H]1CCCC(=O)N1Cc1ccc(F)cc1. The molecule has 1 amide bonds. The molecule has 96 valence electrons. The van der Waals surface area contributed by atoms with Crippen molar-refractivity contribution in [1.29, 1.82) is 0 Å². The van der Waals surface area contributed by atoms with Crippen molar-refractivity contribution >= 4 is 11.9 Å². The van der Waals surface area contributed by atoms with Gasteiger partial charge in [-0.25, -0.2) is 9.18 Å². The summed E-state index contributed by atoms with van der Waals surface area (Å²) in [5.74, 6) is -1.48. The van der Waals surface area contributed by atoms with Crippen LogP contribution in [0, 0.1) is 5.82 Å². The summed E-state index contributed by atoms with van der Waals surface area (Å²) in [6, 6.07) is 4.97. The number of hydrogen-bond acceptors (Lipinski definition) is 2. The summed E-state index contributed by atoms with van der Waals surface area (Å²) in [6.07, 6.45) is 1.46. The summed E-state index contributed by atoms with van der Waals surface area (Å²) < 4.78 is 12.8. The first-order valence-electron chi connectivity index (χ1n) is 5.84. The van der Waals surface area contributed by atoms with E-state index in [-0.39, 0.29) is 18.3 Å². The van der Waals surface area contributed by atoms with Crippen LogP contribution in [-0.4, -0.2) is 27.9 Å². The third-order valence-corrected chi connectivity index (χ3v) is 3.12. The minimum absolute atomic E-state index is 0.155. The molecule has 0 unspecified atom stereocenters. The predicted molar refractivity (Wildman–Crippen MR) is 62.2 cm³/mol. The number of carbonyl (C=O) groups excluding carboxylic acids is 1. The van der Waals surface area contributed by atoms with Gasteiger partial charge in [0.05, 0.1) is 0 Å². The second-order valence-corrected chi connectivity index (χ2v) is 4.39. The number of benzene rings is 1. The lowest BCUT2D eigenvalue weighted by Gasteiger charge is -2.32. The fourth-order valence-corrected chi connectivity index (χ4v) is 2.16. The van der Waals surface area contributed by atoms with Gasteiger partial charge in [0.15, 0.2) is 0 Å². The predicted octanol–water partition coefficient (Wildman–Crippen LogP) is 1.79. The number of likely N-dealkylation sites (tertiary alicyclic amines) is 1. The number of rotatable bonds is 3. The Morgan fingerprint density at radius 3 is 2.67 bits per heavy atom. The van der Waals surface area contributed by atoms with Crippen LogP contribution < -0.4 is 0 Å². The van der Waals surface area contributed by atoms with Gasteiger partial charge in [-0.15, -0.1) is 0 Å². The largest absolute Gasteiger partial charge is 0.480 e. The van der Waals surface area contributed by atoms with Crippen LogP contribution in [0.5, 0.6) is 0 Å². The number of amides is 1. The van der Waals surface area contributed by atoms with Crippen molar-refractivity contribution in [2.24, 2.45) is 0 Å². The lowest BCUT2D eigenvalue weighted by molar-refractivity contribution is -0.153. The minimum atomic E-state index is -0.981. The Bertz CT molecular complexity index is 458. The number of carboxylic acid groups (broad SMARTS) is 1. The molecule has 4 nitrogen and oxygen atoms in total. The monoisotopic (exact) mass is 251 g/mol. The van der Waals surface area contributed by atoms with Crippen LogP contribution >= 0.6 is 0 Å². The van der Waals surface area contributed by atoms with Crippen LogP contribution in [0.1, 0.15) is 24.8 Å². The number of halogens is 1. The molecule has 2 rings (SSSR count). The molecule has 0 bridgehead atoms. The van der Waals surface area contributed by atoms with Crippen LogP contribution in [-0.2, 0) is 16.1 Å². The van der Waals surface area contributed by atoms with Gasteiger partial charge in [0.2, 0.25) is 5.91 Å². The van der Waals surface area contributed by atoms with E-state index in [2.05, 4.69) is 0 Å². The van der Waals surface area contributed by atoms with E-state index in [1.807, 2.05) is 0 Å². The summed E-state index contributed by atoms with van der Waals surface area (Å²) in [7, 11) is 0. The van der Waals surface area contributed by atoms with Gasteiger partial charge in [0.25, 0.3) is 0 Å². The number of hydrogen-bond donors (Lipinski definition) is 1. The highest BCUT2D eigenvalue weighted by molar-refractivity contribution is 5.84. The average Bonchev–Trinajstić information content (AvgIpc) is 2.34. The normalized spacial score (nSPS) is 19.9. The van der Waals surface area contributed by atoms with E-state index in [1.165, 1.54) is 17.0 Å². The molecule has 1 atom stereocenters. The Hall–Kier alpha value is -1.91. The Kier molecular flexibility index (Phi) is 3.60. The second kappa shape index (κ2) is 5.16. The van der Waals surface area contributed by atoms with Crippen LogP contribution in [0.25, 0.3) is 0 Å². The summed E-state index contributed by atoms with van der Waals surface area (Å²) in [5, 5.41) is 9.09. The summed E-state index contributed by atoms with van der Waals surface area (Å²) in [6.45, 7) is 0.218. The maximum atomic E-state index is 12.8. The molecule has 18 heavy (non-hydrogen) atoms. The molecule has 1 N–H and O–H groups in total. The first-order chi connectivity index (χ1) is 8.58. The van der Waals surface area contributed by atoms with Gasteiger partial charge >= 0.3 is 5.97 Å². The van der Waals surface area contributed by atoms with Gasteiger partial charge in [-0.05, 0) is 30.5 Å². The van der Waals surface area contributed by atoms with Crippen LogP contribution in [0.15, 0.2) is 24.3 Å². The molecule has 0 radical (unpaired) electrons. The number of carbonyl (C=O) groups is 2. The van der Waals surface area contributed by atoms with Gasteiger partial charge < -0.3 is 10.0 Å². The molecule has 0 aliphatic carbocycles. The molecule has 1 aliphatic heterocycles. The van der Waals surface area contributed by atoms with Gasteiger partial charge in [0.1, 0.15) is 11.9 Å². The molecule has 1 fully saturated rings. The van der Waals surface area contributed by atoms with Crippen molar-refractivity contribution in [3.8, 4) is 0 Å². The van der Waals surface area contributed by atoms with Crippen molar-refractivity contribution in [1.82, 2.24) is 4.90 Å². The van der Waals surface area contributed by atoms with E-state index in [0.717, 1.165) is 5.56 Å². The topological polar surface area (TPSA) is 57.6 Å². The quantitative estimate of drug-likeness (QED) is 0.891. The zero-order valence-electron chi connectivity index (χ0n) is 9.80. The number of aliphatic carboxylic acids is 1. The van der Waals surface area contributed by atoms with Crippen molar-refractivity contribution in [2.45, 2.75) is 31.8 Å². The van der Waals surface area contributed by atoms with Gasteiger partial charge in [-0.1, -0.05) is 12.1 Å². The van der Waals surface area contributed by atoms with Crippen LogP contribution in [0.4, 0.5) is 4.39 Å². The van der Waals surface area contributed by atoms with Crippen molar-refractivity contribution in [3.63, 3.8) is 0 Å². The Morgan fingerprint density at radius 1 is 1.39 bits per heavy atom. The number of nitrogens with zero attached hydrogens (tertiary/aromatic N) is 1. The van der Waals surface area contributed by atoms with E-state index >= 15 is 0 Å². The molecule has 0 spiro atoms. The first-order valence-corrected chi connectivity index (χ1v) is 5.84. The molecule has 1 heterocycles. The van der Waals surface area contributed by atoms with Gasteiger partial charge in [-0.3, -0.25) is 4.79 Å². The molecule has 5 heteroatoms. The van der Waals surface area contributed by atoms with E-state index in [0.29, 0.717) is 19.3 Å². The zero-order valence-corrected chi connectivity index (χ0v) is 9.80. The summed E-state index contributed by atoms with van der Waals surface area (Å²) in [4.78, 5) is 24.2. The lowest BCUT2D eigenvalue weighted by Crippen LogP contribution is -2.47. The summed E-state index contributed by atoms with van der Waals surface area (Å²) in [5.41, 5.74) is 0.734. The highest BCUT2D eigenvalue weighted by Crippen LogP contribution is 2.21. The fraction of sp³-hybridized carbons (Fsp3) is 0.385. The average molecular weight is 251 g/mol. The standard InChI is InChI=1S/C13H14FNO3/c14-10-6-4-9(5-7-10)8-15-11(13(17)18)2-1-3-12(15)16/h4-7,11H,1-3,8H2,(H,17,18)/t11-/m1/s1. The third-order valence-electron chi connectivity index (χ3n) is 3.12. The molecule has 1 aromatic carbocycles. The second-order valence-electron chi connectivity index (χ2n) is 4.39. The van der Waals surface area contributed by atoms with E-state index in [9.17, 15) is 14.0 Å². The van der Waals surface area contributed by atoms with Crippen molar-refractivity contribution < 1.29 is 19.1 Å².